The molecular weight excluding hydrogens is 304 g/mol. The molecule has 3 N–H and O–H groups in total. The second-order valence-corrected chi connectivity index (χ2v) is 6.84. The van der Waals surface area contributed by atoms with E-state index in [1.54, 1.807) is 0 Å². The van der Waals surface area contributed by atoms with Gasteiger partial charge in [0.2, 0.25) is 5.91 Å². The number of rotatable bonds is 4. The van der Waals surface area contributed by atoms with Gasteiger partial charge >= 0.3 is 0 Å². The molecule has 0 aliphatic heterocycles. The minimum absolute atomic E-state index is 0.00863. The van der Waals surface area contributed by atoms with Crippen molar-refractivity contribution < 1.29 is 4.79 Å². The third-order valence-corrected chi connectivity index (χ3v) is 3.99. The smallest absolute Gasteiger partial charge is 0.222 e. The highest BCUT2D eigenvalue weighted by atomic mass is 79.9. The van der Waals surface area contributed by atoms with Gasteiger partial charge in [0.25, 0.3) is 0 Å². The first-order valence-corrected chi connectivity index (χ1v) is 7.30. The van der Waals surface area contributed by atoms with Crippen LogP contribution >= 0.6 is 15.9 Å². The molecule has 0 spiro atoms. The summed E-state index contributed by atoms with van der Waals surface area (Å²) in [5.74, 6) is -0.00863. The fourth-order valence-electron chi connectivity index (χ4n) is 1.71. The summed E-state index contributed by atoms with van der Waals surface area (Å²) in [7, 11) is 0. The monoisotopic (exact) mass is 326 g/mol. The lowest BCUT2D eigenvalue weighted by Gasteiger charge is -2.27. The quantitative estimate of drug-likeness (QED) is 0.891. The molecule has 1 unspecified atom stereocenters. The lowest BCUT2D eigenvalue weighted by Crippen LogP contribution is -2.40. The van der Waals surface area contributed by atoms with Gasteiger partial charge in [-0.3, -0.25) is 4.79 Å². The molecule has 1 rings (SSSR count). The third-order valence-electron chi connectivity index (χ3n) is 3.27. The van der Waals surface area contributed by atoms with Gasteiger partial charge in [0, 0.05) is 16.9 Å². The average molecular weight is 327 g/mol. The van der Waals surface area contributed by atoms with Crippen LogP contribution < -0.4 is 11.1 Å². The summed E-state index contributed by atoms with van der Waals surface area (Å²) in [4.78, 5) is 12.0. The van der Waals surface area contributed by atoms with E-state index in [4.69, 9.17) is 5.73 Å². The first-order chi connectivity index (χ1) is 8.71. The normalized spacial score (nSPS) is 14.8. The number of carbonyl (C=O) groups excluding carboxylic acids is 1. The molecule has 1 amide bonds. The Morgan fingerprint density at radius 2 is 1.95 bits per heavy atom. The molecule has 106 valence electrons. The number of carbonyl (C=O) groups is 1. The molecule has 4 heteroatoms. The predicted molar refractivity (Wildman–Crippen MR) is 82.7 cm³/mol. The Bertz CT molecular complexity index is 440. The number of nitrogens with one attached hydrogen (secondary N) is 1. The number of benzene rings is 1. The SMILES string of the molecule is C[C@@H](NC(=O)CC(N)C(C)(C)C)c1ccccc1Br. The Morgan fingerprint density at radius 1 is 1.37 bits per heavy atom. The molecule has 0 aliphatic rings. The zero-order valence-corrected chi connectivity index (χ0v) is 13.6. The maximum absolute atomic E-state index is 12.0. The van der Waals surface area contributed by atoms with Gasteiger partial charge in [-0.1, -0.05) is 54.9 Å². The Morgan fingerprint density at radius 3 is 2.47 bits per heavy atom. The highest BCUT2D eigenvalue weighted by Crippen LogP contribution is 2.23. The highest BCUT2D eigenvalue weighted by molar-refractivity contribution is 9.10. The summed E-state index contributed by atoms with van der Waals surface area (Å²) in [6.07, 6.45) is 0.346. The van der Waals surface area contributed by atoms with Crippen LogP contribution in [0, 0.1) is 5.41 Å². The van der Waals surface area contributed by atoms with Gasteiger partial charge in [-0.25, -0.2) is 0 Å². The van der Waals surface area contributed by atoms with Gasteiger partial charge in [0.1, 0.15) is 0 Å². The third kappa shape index (κ3) is 4.96. The number of nitrogens with two attached hydrogens (primary N) is 1. The van der Waals surface area contributed by atoms with Crippen molar-refractivity contribution >= 4 is 21.8 Å². The molecule has 2 atom stereocenters. The number of hydrogen-bond donors (Lipinski definition) is 2. The topological polar surface area (TPSA) is 55.1 Å². The predicted octanol–water partition coefficient (Wildman–Crippen LogP) is 3.39. The number of amides is 1. The maximum Gasteiger partial charge on any atom is 0.222 e. The van der Waals surface area contributed by atoms with Gasteiger partial charge in [-0.05, 0) is 24.0 Å². The summed E-state index contributed by atoms with van der Waals surface area (Å²) in [5.41, 5.74) is 7.03. The summed E-state index contributed by atoms with van der Waals surface area (Å²) >= 11 is 3.49. The molecule has 0 radical (unpaired) electrons. The van der Waals surface area contributed by atoms with Crippen molar-refractivity contribution in [3.05, 3.63) is 34.3 Å². The molecule has 0 saturated carbocycles. The first kappa shape index (κ1) is 16.2. The zero-order chi connectivity index (χ0) is 14.6. The van der Waals surface area contributed by atoms with Crippen molar-refractivity contribution in [1.29, 1.82) is 0 Å². The lowest BCUT2D eigenvalue weighted by atomic mass is 9.85. The van der Waals surface area contributed by atoms with Crippen molar-refractivity contribution in [2.75, 3.05) is 0 Å². The number of halogens is 1. The zero-order valence-electron chi connectivity index (χ0n) is 12.0. The second-order valence-electron chi connectivity index (χ2n) is 5.99. The van der Waals surface area contributed by atoms with Crippen molar-refractivity contribution in [3.63, 3.8) is 0 Å². The second kappa shape index (κ2) is 6.53. The van der Waals surface area contributed by atoms with Crippen LogP contribution in [0.4, 0.5) is 0 Å². The van der Waals surface area contributed by atoms with Crippen LogP contribution in [0.2, 0.25) is 0 Å². The molecule has 0 bridgehead atoms. The van der Waals surface area contributed by atoms with E-state index in [9.17, 15) is 4.79 Å². The highest BCUT2D eigenvalue weighted by Gasteiger charge is 2.24. The van der Waals surface area contributed by atoms with Crippen LogP contribution in [0.1, 0.15) is 45.7 Å². The molecule has 0 aliphatic carbocycles. The summed E-state index contributed by atoms with van der Waals surface area (Å²) in [6, 6.07) is 7.72. The summed E-state index contributed by atoms with van der Waals surface area (Å²) in [6.45, 7) is 8.10. The van der Waals surface area contributed by atoms with Crippen LogP contribution in [0.25, 0.3) is 0 Å². The van der Waals surface area contributed by atoms with Gasteiger partial charge in [0.05, 0.1) is 6.04 Å². The molecule has 1 aromatic carbocycles. The van der Waals surface area contributed by atoms with Gasteiger partial charge < -0.3 is 11.1 Å². The molecule has 1 aromatic rings. The molecule has 19 heavy (non-hydrogen) atoms. The van der Waals surface area contributed by atoms with E-state index in [0.29, 0.717) is 6.42 Å². The molecule has 0 saturated heterocycles. The van der Waals surface area contributed by atoms with E-state index < -0.39 is 0 Å². The minimum Gasteiger partial charge on any atom is -0.349 e. The van der Waals surface area contributed by atoms with Crippen LogP contribution in [0.15, 0.2) is 28.7 Å². The van der Waals surface area contributed by atoms with E-state index in [1.807, 2.05) is 52.0 Å². The summed E-state index contributed by atoms with van der Waals surface area (Å²) < 4.78 is 1.00. The van der Waals surface area contributed by atoms with Gasteiger partial charge in [-0.2, -0.15) is 0 Å². The Kier molecular flexibility index (Phi) is 5.56. The van der Waals surface area contributed by atoms with E-state index in [1.165, 1.54) is 0 Å². The minimum atomic E-state index is -0.140. The van der Waals surface area contributed by atoms with Gasteiger partial charge in [-0.15, -0.1) is 0 Å². The fourth-order valence-corrected chi connectivity index (χ4v) is 2.34. The number of hydrogen-bond acceptors (Lipinski definition) is 2. The van der Waals surface area contributed by atoms with Crippen LogP contribution in [-0.2, 0) is 4.79 Å². The van der Waals surface area contributed by atoms with Gasteiger partial charge in [0.15, 0.2) is 0 Å². The standard InChI is InChI=1S/C15H23BrN2O/c1-10(11-7-5-6-8-12(11)16)18-14(19)9-13(17)15(2,3)4/h5-8,10,13H,9,17H2,1-4H3,(H,18,19)/t10-,13?/m1/s1. The van der Waals surface area contributed by atoms with Crippen LogP contribution in [-0.4, -0.2) is 11.9 Å². The lowest BCUT2D eigenvalue weighted by molar-refractivity contribution is -0.122. The summed E-state index contributed by atoms with van der Waals surface area (Å²) in [5, 5.41) is 2.99. The van der Waals surface area contributed by atoms with Crippen molar-refractivity contribution in [2.45, 2.75) is 46.2 Å². The average Bonchev–Trinajstić information content (AvgIpc) is 2.27. The Balaban J connectivity index is 2.61. The fraction of sp³-hybridized carbons (Fsp3) is 0.533. The van der Waals surface area contributed by atoms with Crippen molar-refractivity contribution in [2.24, 2.45) is 11.1 Å². The van der Waals surface area contributed by atoms with Crippen molar-refractivity contribution in [3.8, 4) is 0 Å². The first-order valence-electron chi connectivity index (χ1n) is 6.51. The molecule has 0 aromatic heterocycles. The maximum atomic E-state index is 12.0. The Labute approximate surface area is 124 Å². The largest absolute Gasteiger partial charge is 0.349 e. The van der Waals surface area contributed by atoms with E-state index in [2.05, 4.69) is 21.2 Å². The van der Waals surface area contributed by atoms with Crippen molar-refractivity contribution in [1.82, 2.24) is 5.32 Å². The molecular formula is C15H23BrN2O. The Hall–Kier alpha value is -0.870. The van der Waals surface area contributed by atoms with Crippen LogP contribution in [0.5, 0.6) is 0 Å². The van der Waals surface area contributed by atoms with E-state index in [0.717, 1.165) is 10.0 Å². The van der Waals surface area contributed by atoms with Crippen LogP contribution in [0.3, 0.4) is 0 Å². The van der Waals surface area contributed by atoms with E-state index in [-0.39, 0.29) is 23.4 Å². The molecule has 3 nitrogen and oxygen atoms in total. The molecule has 0 heterocycles. The molecule has 0 fully saturated rings. The van der Waals surface area contributed by atoms with E-state index >= 15 is 0 Å².